The first-order valence-corrected chi connectivity index (χ1v) is 10.1. The molecule has 2 aliphatic rings. The standard InChI is InChI=1S/C20H31N3OS/c1-22(17-6-4-3-5-7-17)18-12-14-23(15-13-18)20(25)21-16-8-10-19(24-2)11-9-16/h8-11,17-18H,3-7,12-15H2,1-2H3,(H,21,25)/p+1. The Hall–Kier alpha value is -1.33. The number of methoxy groups -OCH3 is 1. The van der Waals surface area contributed by atoms with Crippen molar-refractivity contribution in [2.24, 2.45) is 0 Å². The minimum Gasteiger partial charge on any atom is -0.497 e. The molecule has 2 fully saturated rings. The zero-order valence-electron chi connectivity index (χ0n) is 15.6. The summed E-state index contributed by atoms with van der Waals surface area (Å²) in [5, 5.41) is 4.21. The molecule has 1 aromatic carbocycles. The first-order chi connectivity index (χ1) is 12.2. The number of likely N-dealkylation sites (tertiary alicyclic amines) is 1. The van der Waals surface area contributed by atoms with E-state index >= 15 is 0 Å². The number of piperidine rings is 1. The predicted molar refractivity (Wildman–Crippen MR) is 108 cm³/mol. The van der Waals surface area contributed by atoms with E-state index in [1.165, 1.54) is 44.9 Å². The van der Waals surface area contributed by atoms with Crippen LogP contribution in [-0.4, -0.2) is 49.3 Å². The number of thiocarbonyl (C=S) groups is 1. The molecule has 25 heavy (non-hydrogen) atoms. The largest absolute Gasteiger partial charge is 0.497 e. The van der Waals surface area contributed by atoms with Gasteiger partial charge in [-0.1, -0.05) is 6.42 Å². The minimum absolute atomic E-state index is 0.795. The Bertz CT molecular complexity index is 549. The predicted octanol–water partition coefficient (Wildman–Crippen LogP) is 2.70. The zero-order chi connectivity index (χ0) is 17.6. The van der Waals surface area contributed by atoms with Gasteiger partial charge in [0, 0.05) is 31.6 Å². The molecule has 0 aromatic heterocycles. The fourth-order valence-corrected chi connectivity index (χ4v) is 4.61. The molecule has 1 saturated carbocycles. The Morgan fingerprint density at radius 1 is 1.04 bits per heavy atom. The lowest BCUT2D eigenvalue weighted by molar-refractivity contribution is -0.933. The van der Waals surface area contributed by atoms with Crippen LogP contribution in [0.1, 0.15) is 44.9 Å². The van der Waals surface area contributed by atoms with Crippen LogP contribution in [0.5, 0.6) is 5.75 Å². The van der Waals surface area contributed by atoms with E-state index < -0.39 is 0 Å². The van der Waals surface area contributed by atoms with E-state index in [0.29, 0.717) is 0 Å². The highest BCUT2D eigenvalue weighted by Gasteiger charge is 2.31. The van der Waals surface area contributed by atoms with Gasteiger partial charge in [-0.15, -0.1) is 0 Å². The van der Waals surface area contributed by atoms with Crippen molar-refractivity contribution < 1.29 is 9.64 Å². The monoisotopic (exact) mass is 362 g/mol. The molecule has 4 nitrogen and oxygen atoms in total. The van der Waals surface area contributed by atoms with Crippen LogP contribution in [0.4, 0.5) is 5.69 Å². The van der Waals surface area contributed by atoms with E-state index in [1.54, 1.807) is 12.0 Å². The Balaban J connectivity index is 1.46. The topological polar surface area (TPSA) is 28.9 Å². The average molecular weight is 363 g/mol. The van der Waals surface area contributed by atoms with Crippen molar-refractivity contribution in [1.82, 2.24) is 4.90 Å². The van der Waals surface area contributed by atoms with Gasteiger partial charge in [-0.2, -0.15) is 0 Å². The molecule has 5 heteroatoms. The lowest BCUT2D eigenvalue weighted by Gasteiger charge is -2.39. The molecule has 1 aliphatic heterocycles. The van der Waals surface area contributed by atoms with Gasteiger partial charge in [-0.3, -0.25) is 0 Å². The van der Waals surface area contributed by atoms with Gasteiger partial charge in [0.15, 0.2) is 5.11 Å². The number of nitrogens with one attached hydrogen (secondary N) is 2. The van der Waals surface area contributed by atoms with Gasteiger partial charge in [0.25, 0.3) is 0 Å². The number of hydrogen-bond donors (Lipinski definition) is 2. The van der Waals surface area contributed by atoms with Crippen LogP contribution in [0.15, 0.2) is 24.3 Å². The molecule has 3 rings (SSSR count). The summed E-state index contributed by atoms with van der Waals surface area (Å²) < 4.78 is 5.20. The second-order valence-corrected chi connectivity index (χ2v) is 7.89. The molecule has 2 N–H and O–H groups in total. The van der Waals surface area contributed by atoms with Gasteiger partial charge >= 0.3 is 0 Å². The van der Waals surface area contributed by atoms with Crippen LogP contribution in [0, 0.1) is 0 Å². The molecular weight excluding hydrogens is 330 g/mol. The van der Waals surface area contributed by atoms with E-state index in [9.17, 15) is 0 Å². The molecule has 1 unspecified atom stereocenters. The van der Waals surface area contributed by atoms with Crippen molar-refractivity contribution in [3.63, 3.8) is 0 Å². The summed E-state index contributed by atoms with van der Waals surface area (Å²) >= 11 is 5.62. The van der Waals surface area contributed by atoms with E-state index in [1.807, 2.05) is 24.3 Å². The van der Waals surface area contributed by atoms with Gasteiger partial charge in [0.05, 0.1) is 26.2 Å². The first-order valence-electron chi connectivity index (χ1n) is 9.70. The number of rotatable bonds is 4. The SMILES string of the molecule is COc1ccc(NC(=S)N2CCC([NH+](C)C3CCCCC3)CC2)cc1. The number of ether oxygens (including phenoxy) is 1. The molecule has 1 atom stereocenters. The fraction of sp³-hybridized carbons (Fsp3) is 0.650. The second-order valence-electron chi connectivity index (χ2n) is 7.50. The van der Waals surface area contributed by atoms with E-state index in [0.717, 1.165) is 41.7 Å². The van der Waals surface area contributed by atoms with Gasteiger partial charge in [-0.25, -0.2) is 0 Å². The molecule has 0 spiro atoms. The number of anilines is 1. The molecule has 0 bridgehead atoms. The molecule has 0 radical (unpaired) electrons. The third-order valence-corrected chi connectivity index (χ3v) is 6.38. The lowest BCUT2D eigenvalue weighted by atomic mass is 9.92. The maximum Gasteiger partial charge on any atom is 0.173 e. The summed E-state index contributed by atoms with van der Waals surface area (Å²) in [6.07, 6.45) is 9.62. The quantitative estimate of drug-likeness (QED) is 0.806. The van der Waals surface area contributed by atoms with Crippen LogP contribution >= 0.6 is 12.2 Å². The van der Waals surface area contributed by atoms with Crippen LogP contribution in [0.25, 0.3) is 0 Å². The summed E-state index contributed by atoms with van der Waals surface area (Å²) in [4.78, 5) is 4.10. The highest BCUT2D eigenvalue weighted by Crippen LogP contribution is 2.19. The Morgan fingerprint density at radius 2 is 1.64 bits per heavy atom. The van der Waals surface area contributed by atoms with Gasteiger partial charge in [0.2, 0.25) is 0 Å². The molecule has 0 amide bonds. The van der Waals surface area contributed by atoms with E-state index in [4.69, 9.17) is 17.0 Å². The van der Waals surface area contributed by atoms with Crippen molar-refractivity contribution in [3.8, 4) is 5.75 Å². The van der Waals surface area contributed by atoms with E-state index in [2.05, 4.69) is 17.3 Å². The maximum atomic E-state index is 5.62. The van der Waals surface area contributed by atoms with Crippen LogP contribution < -0.4 is 15.0 Å². The van der Waals surface area contributed by atoms with Crippen molar-refractivity contribution >= 4 is 23.0 Å². The van der Waals surface area contributed by atoms with Crippen molar-refractivity contribution in [2.45, 2.75) is 57.0 Å². The smallest absolute Gasteiger partial charge is 0.173 e. The van der Waals surface area contributed by atoms with Gasteiger partial charge in [0.1, 0.15) is 5.75 Å². The summed E-state index contributed by atoms with van der Waals surface area (Å²) in [6, 6.07) is 9.62. The molecule has 1 saturated heterocycles. The third-order valence-electron chi connectivity index (χ3n) is 6.02. The molecular formula is C20H32N3OS+. The summed E-state index contributed by atoms with van der Waals surface area (Å²) in [5.41, 5.74) is 1.03. The average Bonchev–Trinajstić information content (AvgIpc) is 2.69. The number of nitrogens with zero attached hydrogens (tertiary/aromatic N) is 1. The molecule has 1 aliphatic carbocycles. The lowest BCUT2D eigenvalue weighted by Crippen LogP contribution is -3.17. The highest BCUT2D eigenvalue weighted by atomic mass is 32.1. The Labute approximate surface area is 157 Å². The first kappa shape index (κ1) is 18.5. The van der Waals surface area contributed by atoms with Crippen LogP contribution in [0.3, 0.4) is 0 Å². The number of quaternary nitrogens is 1. The Morgan fingerprint density at radius 3 is 2.24 bits per heavy atom. The van der Waals surface area contributed by atoms with Gasteiger partial charge in [-0.05, 0) is 62.2 Å². The van der Waals surface area contributed by atoms with Crippen molar-refractivity contribution in [2.75, 3.05) is 32.6 Å². The van der Waals surface area contributed by atoms with Crippen LogP contribution in [-0.2, 0) is 0 Å². The zero-order valence-corrected chi connectivity index (χ0v) is 16.4. The number of hydrogen-bond acceptors (Lipinski definition) is 2. The third kappa shape index (κ3) is 4.85. The summed E-state index contributed by atoms with van der Waals surface area (Å²) in [7, 11) is 4.10. The van der Waals surface area contributed by atoms with Gasteiger partial charge < -0.3 is 19.9 Å². The second kappa shape index (κ2) is 8.86. The molecule has 1 aromatic rings. The molecule has 1 heterocycles. The summed E-state index contributed by atoms with van der Waals surface area (Å²) in [6.45, 7) is 2.13. The van der Waals surface area contributed by atoms with E-state index in [-0.39, 0.29) is 0 Å². The Kier molecular flexibility index (Phi) is 6.54. The molecule has 138 valence electrons. The number of benzene rings is 1. The maximum absolute atomic E-state index is 5.62. The van der Waals surface area contributed by atoms with Crippen molar-refractivity contribution in [1.29, 1.82) is 0 Å². The highest BCUT2D eigenvalue weighted by molar-refractivity contribution is 7.80. The normalized spacial score (nSPS) is 21.0. The van der Waals surface area contributed by atoms with Crippen LogP contribution in [0.2, 0.25) is 0 Å². The summed E-state index contributed by atoms with van der Waals surface area (Å²) in [5.74, 6) is 0.867. The van der Waals surface area contributed by atoms with Crippen molar-refractivity contribution in [3.05, 3.63) is 24.3 Å². The minimum atomic E-state index is 0.795. The fourth-order valence-electron chi connectivity index (χ4n) is 4.31.